The maximum Gasteiger partial charge on any atom is 0.313 e. The Balaban J connectivity index is 2.49. The van der Waals surface area contributed by atoms with Gasteiger partial charge < -0.3 is 9.84 Å². The van der Waals surface area contributed by atoms with Crippen molar-refractivity contribution in [3.05, 3.63) is 45.0 Å². The van der Waals surface area contributed by atoms with Crippen LogP contribution in [0.4, 0.5) is 4.39 Å². The molecule has 0 amide bonds. The number of nitrogens with zero attached hydrogens (tertiary/aromatic N) is 3. The van der Waals surface area contributed by atoms with Crippen LogP contribution in [0, 0.1) is 11.7 Å². The van der Waals surface area contributed by atoms with Crippen molar-refractivity contribution in [2.24, 2.45) is 11.0 Å². The highest BCUT2D eigenvalue weighted by atomic mass is 35.5. The van der Waals surface area contributed by atoms with Crippen LogP contribution >= 0.6 is 11.6 Å². The smallest absolute Gasteiger partial charge is 0.313 e. The lowest BCUT2D eigenvalue weighted by Crippen LogP contribution is -2.38. The molecule has 0 spiro atoms. The van der Waals surface area contributed by atoms with E-state index in [4.69, 9.17) is 21.9 Å². The average Bonchev–Trinajstić information content (AvgIpc) is 2.49. The number of rotatable bonds is 5. The van der Waals surface area contributed by atoms with Gasteiger partial charge in [0.2, 0.25) is 0 Å². The van der Waals surface area contributed by atoms with Crippen LogP contribution in [0.25, 0.3) is 10.4 Å². The summed E-state index contributed by atoms with van der Waals surface area (Å²) in [5, 5.41) is 12.9. The standard InChI is InChI=1S/C16H19ClFN3O3/c1-8-5-11(6-9(2)24-8)14(15(16(22)23)20-21-19)10-3-4-12(17)13(18)7-10/h3-4,7-9,11,14-15H,5-6H2,1-2H3,(H,22,23)/t8-,9+,11+,14-,15-/m0/s1. The fourth-order valence-corrected chi connectivity index (χ4v) is 3.63. The van der Waals surface area contributed by atoms with Crippen molar-refractivity contribution >= 4 is 17.6 Å². The van der Waals surface area contributed by atoms with Gasteiger partial charge in [-0.15, -0.1) is 0 Å². The minimum Gasteiger partial charge on any atom is -0.481 e. The van der Waals surface area contributed by atoms with Crippen LogP contribution in [0.5, 0.6) is 0 Å². The molecule has 1 heterocycles. The zero-order chi connectivity index (χ0) is 17.9. The second-order valence-corrected chi connectivity index (χ2v) is 6.58. The Kier molecular flexibility index (Phi) is 6.04. The van der Waals surface area contributed by atoms with Gasteiger partial charge in [0, 0.05) is 10.8 Å². The van der Waals surface area contributed by atoms with E-state index in [9.17, 15) is 14.3 Å². The number of benzene rings is 1. The SMILES string of the molecule is C[C@@H]1C[C@H]([C@H](c2ccc(Cl)c(F)c2)[C@H](N=[N+]=[N-])C(=O)O)C[C@H](C)O1. The predicted molar refractivity (Wildman–Crippen MR) is 87.5 cm³/mol. The number of halogens is 2. The van der Waals surface area contributed by atoms with Gasteiger partial charge in [-0.05, 0) is 55.8 Å². The molecule has 0 aliphatic carbocycles. The van der Waals surface area contributed by atoms with E-state index in [1.54, 1.807) is 6.07 Å². The highest BCUT2D eigenvalue weighted by Gasteiger charge is 2.39. The van der Waals surface area contributed by atoms with E-state index in [1.165, 1.54) is 12.1 Å². The van der Waals surface area contributed by atoms with E-state index < -0.39 is 23.7 Å². The normalized spacial score (nSPS) is 26.2. The molecule has 0 unspecified atom stereocenters. The van der Waals surface area contributed by atoms with Gasteiger partial charge in [0.05, 0.1) is 17.2 Å². The van der Waals surface area contributed by atoms with E-state index in [0.717, 1.165) is 0 Å². The van der Waals surface area contributed by atoms with Crippen LogP contribution in [0.2, 0.25) is 5.02 Å². The monoisotopic (exact) mass is 355 g/mol. The summed E-state index contributed by atoms with van der Waals surface area (Å²) in [5.41, 5.74) is 9.22. The maximum atomic E-state index is 13.9. The molecule has 0 saturated carbocycles. The fraction of sp³-hybridized carbons (Fsp3) is 0.562. The van der Waals surface area contributed by atoms with E-state index >= 15 is 0 Å². The molecule has 0 bridgehead atoms. The van der Waals surface area contributed by atoms with Crippen LogP contribution < -0.4 is 0 Å². The van der Waals surface area contributed by atoms with Crippen LogP contribution in [-0.4, -0.2) is 29.3 Å². The molecule has 1 aliphatic heterocycles. The molecule has 1 aliphatic rings. The molecule has 130 valence electrons. The Morgan fingerprint density at radius 2 is 2.08 bits per heavy atom. The molecule has 0 aromatic heterocycles. The second kappa shape index (κ2) is 7.83. The van der Waals surface area contributed by atoms with E-state index in [0.29, 0.717) is 18.4 Å². The minimum absolute atomic E-state index is 0.0399. The predicted octanol–water partition coefficient (Wildman–Crippen LogP) is 4.53. The number of hydrogen-bond donors (Lipinski definition) is 1. The topological polar surface area (TPSA) is 95.3 Å². The summed E-state index contributed by atoms with van der Waals surface area (Å²) in [6, 6.07) is 2.88. The highest BCUT2D eigenvalue weighted by Crippen LogP contribution is 2.40. The molecule has 0 radical (unpaired) electrons. The number of azide groups is 1. The number of carbonyl (C=O) groups is 1. The molecule has 1 aromatic carbocycles. The third kappa shape index (κ3) is 4.17. The Morgan fingerprint density at radius 3 is 2.58 bits per heavy atom. The molecule has 1 N–H and O–H groups in total. The maximum absolute atomic E-state index is 13.9. The lowest BCUT2D eigenvalue weighted by Gasteiger charge is -2.38. The molecule has 5 atom stereocenters. The van der Waals surface area contributed by atoms with Crippen molar-refractivity contribution in [2.45, 2.75) is 50.9 Å². The van der Waals surface area contributed by atoms with Gasteiger partial charge >= 0.3 is 5.97 Å². The molecule has 1 fully saturated rings. The van der Waals surface area contributed by atoms with Crippen LogP contribution in [0.1, 0.15) is 38.2 Å². The van der Waals surface area contributed by atoms with Gasteiger partial charge in [-0.1, -0.05) is 22.8 Å². The van der Waals surface area contributed by atoms with Gasteiger partial charge in [-0.25, -0.2) is 4.39 Å². The average molecular weight is 356 g/mol. The van der Waals surface area contributed by atoms with Gasteiger partial charge in [-0.2, -0.15) is 0 Å². The van der Waals surface area contributed by atoms with E-state index in [1.807, 2.05) is 13.8 Å². The van der Waals surface area contributed by atoms with Gasteiger partial charge in [0.25, 0.3) is 0 Å². The van der Waals surface area contributed by atoms with Crippen LogP contribution in [0.15, 0.2) is 23.3 Å². The first-order chi connectivity index (χ1) is 11.3. The fourth-order valence-electron chi connectivity index (χ4n) is 3.51. The molecule has 6 nitrogen and oxygen atoms in total. The van der Waals surface area contributed by atoms with Crippen LogP contribution in [-0.2, 0) is 9.53 Å². The quantitative estimate of drug-likeness (QED) is 0.477. The summed E-state index contributed by atoms with van der Waals surface area (Å²) in [6.45, 7) is 3.82. The Morgan fingerprint density at radius 1 is 1.46 bits per heavy atom. The third-order valence-electron chi connectivity index (χ3n) is 4.34. The van der Waals surface area contributed by atoms with Crippen molar-refractivity contribution in [1.82, 2.24) is 0 Å². The first-order valence-electron chi connectivity index (χ1n) is 7.71. The second-order valence-electron chi connectivity index (χ2n) is 6.18. The number of aliphatic carboxylic acids is 1. The van der Waals surface area contributed by atoms with E-state index in [-0.39, 0.29) is 23.1 Å². The summed E-state index contributed by atoms with van der Waals surface area (Å²) >= 11 is 5.73. The number of carboxylic acids is 1. The molecule has 1 aromatic rings. The summed E-state index contributed by atoms with van der Waals surface area (Å²) < 4.78 is 19.6. The summed E-state index contributed by atoms with van der Waals surface area (Å²) in [4.78, 5) is 14.3. The summed E-state index contributed by atoms with van der Waals surface area (Å²) in [5.74, 6) is -2.63. The molecular formula is C16H19ClFN3O3. The number of carboxylic acid groups (broad SMARTS) is 1. The van der Waals surface area contributed by atoms with Gasteiger partial charge in [-0.3, -0.25) is 4.79 Å². The van der Waals surface area contributed by atoms with Gasteiger partial charge in [0.1, 0.15) is 11.9 Å². The van der Waals surface area contributed by atoms with Crippen molar-refractivity contribution in [3.63, 3.8) is 0 Å². The Hall–Kier alpha value is -1.82. The van der Waals surface area contributed by atoms with Crippen molar-refractivity contribution < 1.29 is 19.0 Å². The first-order valence-corrected chi connectivity index (χ1v) is 8.08. The number of ether oxygens (including phenoxy) is 1. The molecule has 1 saturated heterocycles. The highest BCUT2D eigenvalue weighted by molar-refractivity contribution is 6.30. The van der Waals surface area contributed by atoms with Crippen molar-refractivity contribution in [1.29, 1.82) is 0 Å². The van der Waals surface area contributed by atoms with E-state index in [2.05, 4.69) is 10.0 Å². The van der Waals surface area contributed by atoms with Crippen molar-refractivity contribution in [2.75, 3.05) is 0 Å². The summed E-state index contributed by atoms with van der Waals surface area (Å²) in [6.07, 6.45) is 1.09. The summed E-state index contributed by atoms with van der Waals surface area (Å²) in [7, 11) is 0. The first kappa shape index (κ1) is 18.5. The van der Waals surface area contributed by atoms with Gasteiger partial charge in [0.15, 0.2) is 0 Å². The Labute approximate surface area is 144 Å². The molecule has 8 heteroatoms. The zero-order valence-corrected chi connectivity index (χ0v) is 14.2. The Bertz CT molecular complexity index is 654. The third-order valence-corrected chi connectivity index (χ3v) is 4.65. The zero-order valence-electron chi connectivity index (χ0n) is 13.4. The van der Waals surface area contributed by atoms with Crippen molar-refractivity contribution in [3.8, 4) is 0 Å². The molecule has 2 rings (SSSR count). The van der Waals surface area contributed by atoms with Crippen LogP contribution in [0.3, 0.4) is 0 Å². The largest absolute Gasteiger partial charge is 0.481 e. The minimum atomic E-state index is -1.32. The lowest BCUT2D eigenvalue weighted by molar-refractivity contribution is -0.140. The number of hydrogen-bond acceptors (Lipinski definition) is 3. The molecular weight excluding hydrogens is 337 g/mol. The molecule has 24 heavy (non-hydrogen) atoms. The lowest BCUT2D eigenvalue weighted by atomic mass is 9.74.